The molecule has 1 saturated heterocycles. The molecular formula is C16H20ClN5O. The highest BCUT2D eigenvalue weighted by atomic mass is 35.5. The molecule has 0 unspecified atom stereocenters. The van der Waals surface area contributed by atoms with Crippen molar-refractivity contribution < 1.29 is 4.79 Å². The molecule has 23 heavy (non-hydrogen) atoms. The lowest BCUT2D eigenvalue weighted by atomic mass is 10.2. The van der Waals surface area contributed by atoms with Crippen LogP contribution < -0.4 is 0 Å². The summed E-state index contributed by atoms with van der Waals surface area (Å²) < 4.78 is 1.86. The van der Waals surface area contributed by atoms with Crippen molar-refractivity contribution in [3.8, 4) is 0 Å². The van der Waals surface area contributed by atoms with Gasteiger partial charge in [-0.15, -0.1) is 0 Å². The van der Waals surface area contributed by atoms with E-state index in [0.717, 1.165) is 19.4 Å². The van der Waals surface area contributed by atoms with Crippen LogP contribution in [0.15, 0.2) is 24.7 Å². The Labute approximate surface area is 140 Å². The van der Waals surface area contributed by atoms with E-state index < -0.39 is 0 Å². The van der Waals surface area contributed by atoms with Gasteiger partial charge in [0.05, 0.1) is 23.8 Å². The van der Waals surface area contributed by atoms with Crippen LogP contribution in [0.3, 0.4) is 0 Å². The molecule has 1 aliphatic rings. The number of nitrogens with zero attached hydrogens (tertiary/aromatic N) is 5. The van der Waals surface area contributed by atoms with Crippen LogP contribution >= 0.6 is 11.6 Å². The maximum Gasteiger partial charge on any atom is 0.274 e. The second kappa shape index (κ2) is 6.66. The van der Waals surface area contributed by atoms with Crippen molar-refractivity contribution in [3.63, 3.8) is 0 Å². The van der Waals surface area contributed by atoms with Crippen LogP contribution in [-0.2, 0) is 6.54 Å². The van der Waals surface area contributed by atoms with Gasteiger partial charge >= 0.3 is 0 Å². The molecule has 0 saturated carbocycles. The van der Waals surface area contributed by atoms with Gasteiger partial charge in [0.1, 0.15) is 5.82 Å². The van der Waals surface area contributed by atoms with Crippen LogP contribution in [0.1, 0.15) is 48.9 Å². The number of halogens is 1. The van der Waals surface area contributed by atoms with Gasteiger partial charge in [0.2, 0.25) is 0 Å². The zero-order chi connectivity index (χ0) is 16.4. The first-order chi connectivity index (χ1) is 11.1. The number of amides is 1. The number of hydrogen-bond donors (Lipinski definition) is 0. The fraction of sp³-hybridized carbons (Fsp3) is 0.500. The van der Waals surface area contributed by atoms with Crippen LogP contribution in [0.5, 0.6) is 0 Å². The van der Waals surface area contributed by atoms with Crippen LogP contribution in [0.2, 0.25) is 5.02 Å². The van der Waals surface area contributed by atoms with Crippen molar-refractivity contribution in [3.05, 3.63) is 41.2 Å². The smallest absolute Gasteiger partial charge is 0.274 e. The zero-order valence-electron chi connectivity index (χ0n) is 13.3. The van der Waals surface area contributed by atoms with E-state index in [0.29, 0.717) is 23.1 Å². The summed E-state index contributed by atoms with van der Waals surface area (Å²) in [5.74, 6) is 0.673. The van der Waals surface area contributed by atoms with E-state index in [1.165, 1.54) is 6.20 Å². The lowest BCUT2D eigenvalue weighted by molar-refractivity contribution is 0.0715. The van der Waals surface area contributed by atoms with Crippen molar-refractivity contribution in [1.29, 1.82) is 0 Å². The summed E-state index contributed by atoms with van der Waals surface area (Å²) in [5.41, 5.74) is 0.303. The van der Waals surface area contributed by atoms with Crippen LogP contribution in [0.4, 0.5) is 0 Å². The molecule has 6 nitrogen and oxygen atoms in total. The molecule has 0 aliphatic carbocycles. The number of carbonyl (C=O) groups excluding carboxylic acids is 1. The fourth-order valence-electron chi connectivity index (χ4n) is 2.86. The Morgan fingerprint density at radius 1 is 1.48 bits per heavy atom. The topological polar surface area (TPSA) is 63.9 Å². The molecule has 2 aromatic rings. The third-order valence-corrected chi connectivity index (χ3v) is 4.35. The molecule has 7 heteroatoms. The van der Waals surface area contributed by atoms with Crippen molar-refractivity contribution in [2.75, 3.05) is 6.54 Å². The average Bonchev–Trinajstić information content (AvgIpc) is 3.19. The highest BCUT2D eigenvalue weighted by Crippen LogP contribution is 2.24. The normalized spacial score (nSPS) is 17.9. The molecule has 122 valence electrons. The first-order valence-corrected chi connectivity index (χ1v) is 8.25. The third kappa shape index (κ3) is 3.37. The molecule has 3 rings (SSSR count). The lowest BCUT2D eigenvalue weighted by Crippen LogP contribution is -2.39. The number of aromatic nitrogens is 4. The Kier molecular flexibility index (Phi) is 4.61. The second-order valence-corrected chi connectivity index (χ2v) is 6.51. The number of likely N-dealkylation sites (tertiary alicyclic amines) is 1. The summed E-state index contributed by atoms with van der Waals surface area (Å²) >= 11 is 6.17. The van der Waals surface area contributed by atoms with Crippen molar-refractivity contribution >= 4 is 17.5 Å². The first kappa shape index (κ1) is 15.9. The van der Waals surface area contributed by atoms with Gasteiger partial charge in [-0.3, -0.25) is 9.48 Å². The predicted octanol–water partition coefficient (Wildman–Crippen LogP) is 2.75. The molecule has 0 aromatic carbocycles. The van der Waals surface area contributed by atoms with Gasteiger partial charge in [-0.1, -0.05) is 25.4 Å². The van der Waals surface area contributed by atoms with E-state index in [1.807, 2.05) is 35.7 Å². The van der Waals surface area contributed by atoms with Gasteiger partial charge in [-0.05, 0) is 18.9 Å². The van der Waals surface area contributed by atoms with Crippen LogP contribution in [-0.4, -0.2) is 43.1 Å². The molecule has 0 bridgehead atoms. The first-order valence-electron chi connectivity index (χ1n) is 7.87. The van der Waals surface area contributed by atoms with E-state index in [9.17, 15) is 4.79 Å². The summed E-state index contributed by atoms with van der Waals surface area (Å²) in [6, 6.07) is 2.01. The molecule has 3 heterocycles. The van der Waals surface area contributed by atoms with Crippen molar-refractivity contribution in [2.45, 2.75) is 45.2 Å². The Morgan fingerprint density at radius 3 is 3.00 bits per heavy atom. The molecule has 1 atom stereocenters. The van der Waals surface area contributed by atoms with Gasteiger partial charge in [0.25, 0.3) is 5.91 Å². The molecule has 2 aromatic heterocycles. The Morgan fingerprint density at radius 2 is 2.30 bits per heavy atom. The summed E-state index contributed by atoms with van der Waals surface area (Å²) in [7, 11) is 0. The van der Waals surface area contributed by atoms with Crippen molar-refractivity contribution in [2.24, 2.45) is 0 Å². The molecule has 0 radical (unpaired) electrons. The maximum absolute atomic E-state index is 12.9. The summed E-state index contributed by atoms with van der Waals surface area (Å²) in [6.07, 6.45) is 7.13. The minimum Gasteiger partial charge on any atom is -0.332 e. The standard InChI is InChI=1S/C16H20ClN5O/c1-11(2)15-18-9-13(17)14(20-15)16(23)22-8-3-5-12(22)10-21-7-4-6-19-21/h4,6-7,9,11-12H,3,5,8,10H2,1-2H3/t12-/m0/s1. The Bertz CT molecular complexity index is 686. The molecule has 0 N–H and O–H groups in total. The van der Waals surface area contributed by atoms with Gasteiger partial charge in [0.15, 0.2) is 5.69 Å². The fourth-order valence-corrected chi connectivity index (χ4v) is 3.03. The predicted molar refractivity (Wildman–Crippen MR) is 87.4 cm³/mol. The SMILES string of the molecule is CC(C)c1ncc(Cl)c(C(=O)N2CCC[C@H]2Cn2cccn2)n1. The van der Waals surface area contributed by atoms with E-state index in [2.05, 4.69) is 15.1 Å². The van der Waals surface area contributed by atoms with E-state index in [4.69, 9.17) is 11.6 Å². The lowest BCUT2D eigenvalue weighted by Gasteiger charge is -2.25. The molecule has 1 fully saturated rings. The Balaban J connectivity index is 1.82. The number of carbonyl (C=O) groups is 1. The van der Waals surface area contributed by atoms with Gasteiger partial charge in [-0.2, -0.15) is 5.10 Å². The highest BCUT2D eigenvalue weighted by Gasteiger charge is 2.32. The van der Waals surface area contributed by atoms with E-state index in [1.54, 1.807) is 6.20 Å². The molecule has 0 spiro atoms. The van der Waals surface area contributed by atoms with Crippen LogP contribution in [0, 0.1) is 0 Å². The minimum absolute atomic E-state index is 0.117. The second-order valence-electron chi connectivity index (χ2n) is 6.10. The van der Waals surface area contributed by atoms with E-state index in [-0.39, 0.29) is 17.9 Å². The quantitative estimate of drug-likeness (QED) is 0.863. The largest absolute Gasteiger partial charge is 0.332 e. The average molecular weight is 334 g/mol. The minimum atomic E-state index is -0.117. The third-order valence-electron chi connectivity index (χ3n) is 4.08. The molecule has 1 aliphatic heterocycles. The van der Waals surface area contributed by atoms with Crippen molar-refractivity contribution in [1.82, 2.24) is 24.6 Å². The summed E-state index contributed by atoms with van der Waals surface area (Å²) in [4.78, 5) is 23.4. The van der Waals surface area contributed by atoms with Gasteiger partial charge < -0.3 is 4.90 Å². The van der Waals surface area contributed by atoms with Gasteiger partial charge in [0, 0.05) is 24.9 Å². The van der Waals surface area contributed by atoms with E-state index >= 15 is 0 Å². The Hall–Kier alpha value is -1.95. The maximum atomic E-state index is 12.9. The number of hydrogen-bond acceptors (Lipinski definition) is 4. The highest BCUT2D eigenvalue weighted by molar-refractivity contribution is 6.33. The van der Waals surface area contributed by atoms with Gasteiger partial charge in [-0.25, -0.2) is 9.97 Å². The molecular weight excluding hydrogens is 314 g/mol. The summed E-state index contributed by atoms with van der Waals surface area (Å²) in [6.45, 7) is 5.41. The van der Waals surface area contributed by atoms with Crippen LogP contribution in [0.25, 0.3) is 0 Å². The number of rotatable bonds is 4. The monoisotopic (exact) mass is 333 g/mol. The summed E-state index contributed by atoms with van der Waals surface area (Å²) in [5, 5.41) is 4.54. The molecule has 1 amide bonds. The zero-order valence-corrected chi connectivity index (χ0v) is 14.1.